The molecule has 1 aliphatic rings. The molecule has 1 aliphatic heterocycles. The van der Waals surface area contributed by atoms with Gasteiger partial charge in [0.1, 0.15) is 0 Å². The summed E-state index contributed by atoms with van der Waals surface area (Å²) in [7, 11) is 0. The Morgan fingerprint density at radius 3 is 2.73 bits per heavy atom. The van der Waals surface area contributed by atoms with Crippen molar-refractivity contribution in [3.8, 4) is 0 Å². The number of carbonyl (C=O) groups excluding carboxylic acids is 2. The standard InChI is InChI=1S/C21H33N3O2/c1-4-9-20(25)24-14-8-11-18(16-24)21(26)22-13-15-23(5-2)19-12-7-6-10-17(19)3/h6-7,10,12,18H,4-5,8-9,11,13-16H2,1-3H3,(H,22,26). The van der Waals surface area contributed by atoms with Crippen LogP contribution in [0.5, 0.6) is 0 Å². The number of likely N-dealkylation sites (tertiary alicyclic amines) is 1. The number of amides is 2. The topological polar surface area (TPSA) is 52.7 Å². The summed E-state index contributed by atoms with van der Waals surface area (Å²) >= 11 is 0. The summed E-state index contributed by atoms with van der Waals surface area (Å²) in [5.74, 6) is 0.194. The molecule has 0 radical (unpaired) electrons. The van der Waals surface area contributed by atoms with E-state index in [9.17, 15) is 9.59 Å². The van der Waals surface area contributed by atoms with Crippen molar-refractivity contribution in [2.75, 3.05) is 37.6 Å². The summed E-state index contributed by atoms with van der Waals surface area (Å²) < 4.78 is 0. The molecule has 2 amide bonds. The Kier molecular flexibility index (Phi) is 7.95. The number of benzene rings is 1. The summed E-state index contributed by atoms with van der Waals surface area (Å²) in [6.45, 7) is 9.94. The van der Waals surface area contributed by atoms with Gasteiger partial charge in [-0.3, -0.25) is 9.59 Å². The van der Waals surface area contributed by atoms with Crippen LogP contribution in [0.15, 0.2) is 24.3 Å². The number of nitrogens with zero attached hydrogens (tertiary/aromatic N) is 2. The average Bonchev–Trinajstić information content (AvgIpc) is 2.66. The van der Waals surface area contributed by atoms with Crippen LogP contribution in [-0.2, 0) is 9.59 Å². The van der Waals surface area contributed by atoms with Gasteiger partial charge in [-0.2, -0.15) is 0 Å². The highest BCUT2D eigenvalue weighted by atomic mass is 16.2. The molecule has 2 rings (SSSR count). The maximum absolute atomic E-state index is 12.5. The van der Waals surface area contributed by atoms with Crippen LogP contribution in [0.1, 0.15) is 45.1 Å². The maximum Gasteiger partial charge on any atom is 0.224 e. The second-order valence-corrected chi connectivity index (χ2v) is 7.09. The number of hydrogen-bond acceptors (Lipinski definition) is 3. The van der Waals surface area contributed by atoms with E-state index >= 15 is 0 Å². The number of anilines is 1. The lowest BCUT2D eigenvalue weighted by molar-refractivity contribution is -0.135. The molecule has 0 aromatic heterocycles. The van der Waals surface area contributed by atoms with Gasteiger partial charge in [0, 0.05) is 44.8 Å². The molecule has 26 heavy (non-hydrogen) atoms. The largest absolute Gasteiger partial charge is 0.370 e. The molecule has 1 N–H and O–H groups in total. The molecular formula is C21H33N3O2. The number of hydrogen-bond donors (Lipinski definition) is 1. The van der Waals surface area contributed by atoms with Crippen molar-refractivity contribution < 1.29 is 9.59 Å². The van der Waals surface area contributed by atoms with Gasteiger partial charge < -0.3 is 15.1 Å². The fourth-order valence-corrected chi connectivity index (χ4v) is 3.62. The zero-order valence-electron chi connectivity index (χ0n) is 16.5. The van der Waals surface area contributed by atoms with Gasteiger partial charge in [0.15, 0.2) is 0 Å². The Morgan fingerprint density at radius 1 is 1.27 bits per heavy atom. The Labute approximate surface area is 157 Å². The first-order valence-electron chi connectivity index (χ1n) is 9.92. The Morgan fingerprint density at radius 2 is 2.04 bits per heavy atom. The summed E-state index contributed by atoms with van der Waals surface area (Å²) in [5, 5.41) is 3.08. The average molecular weight is 360 g/mol. The number of nitrogens with one attached hydrogen (secondary N) is 1. The van der Waals surface area contributed by atoms with E-state index in [0.717, 1.165) is 38.9 Å². The van der Waals surface area contributed by atoms with Crippen molar-refractivity contribution in [2.45, 2.75) is 46.5 Å². The van der Waals surface area contributed by atoms with E-state index in [4.69, 9.17) is 0 Å². The smallest absolute Gasteiger partial charge is 0.224 e. The predicted octanol–water partition coefficient (Wildman–Crippen LogP) is 2.98. The lowest BCUT2D eigenvalue weighted by Crippen LogP contribution is -2.46. The number of aryl methyl sites for hydroxylation is 1. The van der Waals surface area contributed by atoms with Gasteiger partial charge in [-0.05, 0) is 44.7 Å². The second kappa shape index (κ2) is 10.2. The summed E-state index contributed by atoms with van der Waals surface area (Å²) in [5.41, 5.74) is 2.47. The molecule has 5 nitrogen and oxygen atoms in total. The molecule has 1 saturated heterocycles. The van der Waals surface area contributed by atoms with E-state index in [-0.39, 0.29) is 17.7 Å². The SMILES string of the molecule is CCCC(=O)N1CCCC(C(=O)NCCN(CC)c2ccccc2C)C1. The Balaban J connectivity index is 1.82. The van der Waals surface area contributed by atoms with Crippen LogP contribution in [-0.4, -0.2) is 49.4 Å². The van der Waals surface area contributed by atoms with Crippen molar-refractivity contribution in [3.05, 3.63) is 29.8 Å². The van der Waals surface area contributed by atoms with Crippen LogP contribution < -0.4 is 10.2 Å². The highest BCUT2D eigenvalue weighted by Crippen LogP contribution is 2.19. The normalized spacial score (nSPS) is 17.0. The highest BCUT2D eigenvalue weighted by molar-refractivity contribution is 5.81. The molecule has 1 aromatic carbocycles. The van der Waals surface area contributed by atoms with Gasteiger partial charge in [0.05, 0.1) is 5.92 Å². The number of likely N-dealkylation sites (N-methyl/N-ethyl adjacent to an activating group) is 1. The zero-order chi connectivity index (χ0) is 18.9. The third-order valence-electron chi connectivity index (χ3n) is 5.13. The van der Waals surface area contributed by atoms with Gasteiger partial charge in [0.25, 0.3) is 0 Å². The van der Waals surface area contributed by atoms with E-state index in [1.54, 1.807) is 0 Å². The number of piperidine rings is 1. The quantitative estimate of drug-likeness (QED) is 0.776. The van der Waals surface area contributed by atoms with Gasteiger partial charge in [0.2, 0.25) is 11.8 Å². The maximum atomic E-state index is 12.5. The van der Waals surface area contributed by atoms with Crippen LogP contribution in [0.25, 0.3) is 0 Å². The molecule has 144 valence electrons. The van der Waals surface area contributed by atoms with Gasteiger partial charge in [-0.1, -0.05) is 25.1 Å². The first-order chi connectivity index (χ1) is 12.6. The van der Waals surface area contributed by atoms with Gasteiger partial charge >= 0.3 is 0 Å². The molecule has 1 unspecified atom stereocenters. The minimum absolute atomic E-state index is 0.0712. The van der Waals surface area contributed by atoms with Crippen molar-refractivity contribution in [3.63, 3.8) is 0 Å². The molecule has 0 saturated carbocycles. The fourth-order valence-electron chi connectivity index (χ4n) is 3.62. The van der Waals surface area contributed by atoms with Gasteiger partial charge in [-0.25, -0.2) is 0 Å². The van der Waals surface area contributed by atoms with Crippen molar-refractivity contribution >= 4 is 17.5 Å². The number of para-hydroxylation sites is 1. The minimum atomic E-state index is -0.0712. The summed E-state index contributed by atoms with van der Waals surface area (Å²) in [6.07, 6.45) is 3.23. The highest BCUT2D eigenvalue weighted by Gasteiger charge is 2.27. The molecule has 0 spiro atoms. The van der Waals surface area contributed by atoms with E-state index in [1.807, 2.05) is 24.0 Å². The third kappa shape index (κ3) is 5.48. The monoisotopic (exact) mass is 359 g/mol. The fraction of sp³-hybridized carbons (Fsp3) is 0.619. The van der Waals surface area contributed by atoms with Crippen LogP contribution >= 0.6 is 0 Å². The lowest BCUT2D eigenvalue weighted by atomic mass is 9.96. The molecule has 5 heteroatoms. The zero-order valence-corrected chi connectivity index (χ0v) is 16.5. The van der Waals surface area contributed by atoms with Gasteiger partial charge in [-0.15, -0.1) is 0 Å². The number of rotatable bonds is 8. The predicted molar refractivity (Wildman–Crippen MR) is 106 cm³/mol. The first-order valence-corrected chi connectivity index (χ1v) is 9.92. The third-order valence-corrected chi connectivity index (χ3v) is 5.13. The molecule has 1 heterocycles. The summed E-state index contributed by atoms with van der Waals surface area (Å²) in [6, 6.07) is 8.33. The van der Waals surface area contributed by atoms with E-state index in [2.05, 4.69) is 36.2 Å². The Hall–Kier alpha value is -2.04. The first kappa shape index (κ1) is 20.3. The lowest BCUT2D eigenvalue weighted by Gasteiger charge is -2.32. The molecule has 1 fully saturated rings. The molecule has 0 bridgehead atoms. The van der Waals surface area contributed by atoms with E-state index in [0.29, 0.717) is 19.5 Å². The van der Waals surface area contributed by atoms with Crippen LogP contribution in [0.4, 0.5) is 5.69 Å². The van der Waals surface area contributed by atoms with Crippen molar-refractivity contribution in [1.82, 2.24) is 10.2 Å². The number of carbonyl (C=O) groups is 2. The van der Waals surface area contributed by atoms with Crippen LogP contribution in [0, 0.1) is 12.8 Å². The Bertz CT molecular complexity index is 603. The minimum Gasteiger partial charge on any atom is -0.370 e. The second-order valence-electron chi connectivity index (χ2n) is 7.09. The molecule has 1 aromatic rings. The van der Waals surface area contributed by atoms with E-state index in [1.165, 1.54) is 11.3 Å². The van der Waals surface area contributed by atoms with Crippen LogP contribution in [0.3, 0.4) is 0 Å². The van der Waals surface area contributed by atoms with Crippen molar-refractivity contribution in [2.24, 2.45) is 5.92 Å². The molecular weight excluding hydrogens is 326 g/mol. The summed E-state index contributed by atoms with van der Waals surface area (Å²) in [4.78, 5) is 28.8. The van der Waals surface area contributed by atoms with Crippen LogP contribution in [0.2, 0.25) is 0 Å². The van der Waals surface area contributed by atoms with E-state index < -0.39 is 0 Å². The molecule has 1 atom stereocenters. The molecule has 0 aliphatic carbocycles. The van der Waals surface area contributed by atoms with Crippen molar-refractivity contribution in [1.29, 1.82) is 0 Å².